The standard InChI is InChI=1S/C10H13FN2O2/c1-7(14)6-13(2)10(15)8-4-3-5-9(11)12-8/h3-5,7,14H,6H2,1-2H3. The van der Waals surface area contributed by atoms with Gasteiger partial charge in [0.05, 0.1) is 6.10 Å². The molecule has 0 spiro atoms. The lowest BCUT2D eigenvalue weighted by atomic mass is 10.3. The summed E-state index contributed by atoms with van der Waals surface area (Å²) >= 11 is 0. The second-order valence-corrected chi connectivity index (χ2v) is 3.38. The van der Waals surface area contributed by atoms with Crippen LogP contribution in [0.4, 0.5) is 4.39 Å². The Hall–Kier alpha value is -1.49. The van der Waals surface area contributed by atoms with E-state index in [-0.39, 0.29) is 12.2 Å². The SMILES string of the molecule is CC(O)CN(C)C(=O)c1cccc(F)n1. The molecular formula is C10H13FN2O2. The molecule has 1 aromatic heterocycles. The maximum atomic E-state index is 12.7. The maximum Gasteiger partial charge on any atom is 0.272 e. The van der Waals surface area contributed by atoms with Gasteiger partial charge in [-0.05, 0) is 19.1 Å². The van der Waals surface area contributed by atoms with Crippen molar-refractivity contribution in [3.05, 3.63) is 29.8 Å². The first kappa shape index (κ1) is 11.6. The summed E-state index contributed by atoms with van der Waals surface area (Å²) in [7, 11) is 1.53. The number of aliphatic hydroxyl groups is 1. The minimum absolute atomic E-state index is 0.0400. The predicted molar refractivity (Wildman–Crippen MR) is 52.8 cm³/mol. The summed E-state index contributed by atoms with van der Waals surface area (Å²) in [5, 5.41) is 9.08. The van der Waals surface area contributed by atoms with E-state index in [1.165, 1.54) is 30.1 Å². The minimum atomic E-state index is -0.689. The Morgan fingerprint density at radius 2 is 2.33 bits per heavy atom. The largest absolute Gasteiger partial charge is 0.392 e. The van der Waals surface area contributed by atoms with E-state index in [1.54, 1.807) is 6.92 Å². The highest BCUT2D eigenvalue weighted by atomic mass is 19.1. The third-order valence-corrected chi connectivity index (χ3v) is 1.82. The Morgan fingerprint density at radius 1 is 1.67 bits per heavy atom. The third-order valence-electron chi connectivity index (χ3n) is 1.82. The highest BCUT2D eigenvalue weighted by Crippen LogP contribution is 2.02. The van der Waals surface area contributed by atoms with Gasteiger partial charge in [-0.15, -0.1) is 0 Å². The van der Waals surface area contributed by atoms with Crippen LogP contribution in [-0.2, 0) is 0 Å². The van der Waals surface area contributed by atoms with Crippen molar-refractivity contribution >= 4 is 5.91 Å². The molecule has 0 fully saturated rings. The maximum absolute atomic E-state index is 12.7. The van der Waals surface area contributed by atoms with Crippen molar-refractivity contribution in [1.82, 2.24) is 9.88 Å². The monoisotopic (exact) mass is 212 g/mol. The number of nitrogens with zero attached hydrogens (tertiary/aromatic N) is 2. The van der Waals surface area contributed by atoms with Crippen molar-refractivity contribution in [2.75, 3.05) is 13.6 Å². The van der Waals surface area contributed by atoms with Crippen molar-refractivity contribution in [1.29, 1.82) is 0 Å². The summed E-state index contributed by atoms with van der Waals surface area (Å²) in [6.45, 7) is 1.76. The van der Waals surface area contributed by atoms with Crippen molar-refractivity contribution in [2.24, 2.45) is 0 Å². The molecule has 1 atom stereocenters. The van der Waals surface area contributed by atoms with Gasteiger partial charge in [-0.25, -0.2) is 4.98 Å². The van der Waals surface area contributed by atoms with Crippen LogP contribution in [0.1, 0.15) is 17.4 Å². The van der Waals surface area contributed by atoms with Gasteiger partial charge in [-0.3, -0.25) is 4.79 Å². The number of rotatable bonds is 3. The summed E-state index contributed by atoms with van der Waals surface area (Å²) in [6.07, 6.45) is -0.618. The lowest BCUT2D eigenvalue weighted by Gasteiger charge is -2.18. The Kier molecular flexibility index (Phi) is 3.74. The number of hydrogen-bond acceptors (Lipinski definition) is 3. The first-order chi connectivity index (χ1) is 7.00. The summed E-state index contributed by atoms with van der Waals surface area (Å²) in [5.74, 6) is -1.10. The molecule has 4 nitrogen and oxygen atoms in total. The number of likely N-dealkylation sites (N-methyl/N-ethyl adjacent to an activating group) is 1. The molecule has 0 aliphatic heterocycles. The molecule has 0 saturated heterocycles. The Labute approximate surface area is 87.4 Å². The van der Waals surface area contributed by atoms with Crippen LogP contribution >= 0.6 is 0 Å². The molecule has 0 aliphatic rings. The fourth-order valence-corrected chi connectivity index (χ4v) is 1.20. The molecule has 1 aromatic rings. The number of carbonyl (C=O) groups is 1. The van der Waals surface area contributed by atoms with Gasteiger partial charge in [-0.2, -0.15) is 4.39 Å². The molecule has 0 aromatic carbocycles. The zero-order chi connectivity index (χ0) is 11.4. The van der Waals surface area contributed by atoms with Crippen molar-refractivity contribution in [3.8, 4) is 0 Å². The molecule has 0 aliphatic carbocycles. The molecule has 5 heteroatoms. The number of aliphatic hydroxyl groups excluding tert-OH is 1. The summed E-state index contributed by atoms with van der Waals surface area (Å²) in [4.78, 5) is 16.4. The number of aromatic nitrogens is 1. The smallest absolute Gasteiger partial charge is 0.272 e. The number of pyridine rings is 1. The van der Waals surface area contributed by atoms with Crippen LogP contribution in [0.2, 0.25) is 0 Å². The topological polar surface area (TPSA) is 53.4 Å². The third kappa shape index (κ3) is 3.28. The zero-order valence-electron chi connectivity index (χ0n) is 8.64. The predicted octanol–water partition coefficient (Wildman–Crippen LogP) is 0.673. The molecule has 1 rings (SSSR count). The summed E-state index contributed by atoms with van der Waals surface area (Å²) < 4.78 is 12.7. The highest BCUT2D eigenvalue weighted by molar-refractivity contribution is 5.92. The molecule has 0 radical (unpaired) electrons. The van der Waals surface area contributed by atoms with E-state index < -0.39 is 18.0 Å². The number of halogens is 1. The lowest BCUT2D eigenvalue weighted by Crippen LogP contribution is -2.33. The van der Waals surface area contributed by atoms with Gasteiger partial charge in [0.25, 0.3) is 5.91 Å². The van der Waals surface area contributed by atoms with Crippen LogP contribution in [0, 0.1) is 5.95 Å². The van der Waals surface area contributed by atoms with Crippen LogP contribution in [-0.4, -0.2) is 40.6 Å². The molecule has 1 amide bonds. The molecule has 82 valence electrons. The number of hydrogen-bond donors (Lipinski definition) is 1. The average molecular weight is 212 g/mol. The molecule has 15 heavy (non-hydrogen) atoms. The molecule has 1 N–H and O–H groups in total. The second-order valence-electron chi connectivity index (χ2n) is 3.38. The van der Waals surface area contributed by atoms with Crippen LogP contribution < -0.4 is 0 Å². The van der Waals surface area contributed by atoms with Gasteiger partial charge in [0, 0.05) is 13.6 Å². The van der Waals surface area contributed by atoms with E-state index in [0.717, 1.165) is 0 Å². The Bertz CT molecular complexity index is 355. The van der Waals surface area contributed by atoms with Gasteiger partial charge >= 0.3 is 0 Å². The van der Waals surface area contributed by atoms with Crippen molar-refractivity contribution in [2.45, 2.75) is 13.0 Å². The van der Waals surface area contributed by atoms with Crippen LogP contribution in [0.25, 0.3) is 0 Å². The van der Waals surface area contributed by atoms with Crippen molar-refractivity contribution in [3.63, 3.8) is 0 Å². The number of carbonyl (C=O) groups excluding carboxylic acids is 1. The Morgan fingerprint density at radius 3 is 2.87 bits per heavy atom. The van der Waals surface area contributed by atoms with Gasteiger partial charge in [0.1, 0.15) is 5.69 Å². The fraction of sp³-hybridized carbons (Fsp3) is 0.400. The van der Waals surface area contributed by atoms with E-state index in [2.05, 4.69) is 4.98 Å². The van der Waals surface area contributed by atoms with Gasteiger partial charge in [0.15, 0.2) is 0 Å². The van der Waals surface area contributed by atoms with Gasteiger partial charge < -0.3 is 10.0 Å². The van der Waals surface area contributed by atoms with Crippen molar-refractivity contribution < 1.29 is 14.3 Å². The van der Waals surface area contributed by atoms with E-state index in [1.807, 2.05) is 0 Å². The summed E-state index contributed by atoms with van der Waals surface area (Å²) in [6, 6.07) is 4.03. The second kappa shape index (κ2) is 4.84. The van der Waals surface area contributed by atoms with Crippen LogP contribution in [0.15, 0.2) is 18.2 Å². The Balaban J connectivity index is 2.76. The normalized spacial score (nSPS) is 12.3. The number of amides is 1. The van der Waals surface area contributed by atoms with Gasteiger partial charge in [0.2, 0.25) is 5.95 Å². The molecule has 1 unspecified atom stereocenters. The minimum Gasteiger partial charge on any atom is -0.392 e. The van der Waals surface area contributed by atoms with Crippen LogP contribution in [0.3, 0.4) is 0 Å². The van der Waals surface area contributed by atoms with E-state index in [4.69, 9.17) is 5.11 Å². The first-order valence-electron chi connectivity index (χ1n) is 4.57. The van der Waals surface area contributed by atoms with E-state index in [9.17, 15) is 9.18 Å². The molecule has 0 saturated carbocycles. The summed E-state index contributed by atoms with van der Waals surface area (Å²) in [5.41, 5.74) is 0.0400. The quantitative estimate of drug-likeness (QED) is 0.749. The first-order valence-corrected chi connectivity index (χ1v) is 4.57. The highest BCUT2D eigenvalue weighted by Gasteiger charge is 2.14. The molecular weight excluding hydrogens is 199 g/mol. The van der Waals surface area contributed by atoms with E-state index >= 15 is 0 Å². The molecule has 0 bridgehead atoms. The zero-order valence-corrected chi connectivity index (χ0v) is 8.64. The molecule has 1 heterocycles. The average Bonchev–Trinajstić information content (AvgIpc) is 2.15. The van der Waals surface area contributed by atoms with Crippen LogP contribution in [0.5, 0.6) is 0 Å². The lowest BCUT2D eigenvalue weighted by molar-refractivity contribution is 0.0697. The fourth-order valence-electron chi connectivity index (χ4n) is 1.20. The van der Waals surface area contributed by atoms with Gasteiger partial charge in [-0.1, -0.05) is 6.07 Å². The van der Waals surface area contributed by atoms with E-state index in [0.29, 0.717) is 0 Å².